The Morgan fingerprint density at radius 1 is 0.909 bits per heavy atom. The number of rotatable bonds is 5. The van der Waals surface area contributed by atoms with Crippen LogP contribution in [0.1, 0.15) is 11.1 Å². The molecule has 0 aliphatic rings. The van der Waals surface area contributed by atoms with Crippen molar-refractivity contribution in [3.05, 3.63) is 90.5 Å². The molecule has 0 N–H and O–H groups in total. The summed E-state index contributed by atoms with van der Waals surface area (Å²) in [4.78, 5) is 0. The highest BCUT2D eigenvalue weighted by atomic mass is 15.3. The average Bonchev–Trinajstić information content (AvgIpc) is 2.52. The van der Waals surface area contributed by atoms with Crippen molar-refractivity contribution in [3.8, 4) is 0 Å². The van der Waals surface area contributed by atoms with Crippen LogP contribution >= 0.6 is 0 Å². The summed E-state index contributed by atoms with van der Waals surface area (Å²) in [7, 11) is 6.51. The van der Waals surface area contributed by atoms with Crippen LogP contribution in [0.2, 0.25) is 0 Å². The summed E-state index contributed by atoms with van der Waals surface area (Å²) in [5.74, 6) is 0. The Labute approximate surface area is 134 Å². The van der Waals surface area contributed by atoms with Crippen LogP contribution in [-0.4, -0.2) is 21.1 Å². The van der Waals surface area contributed by atoms with E-state index in [1.54, 1.807) is 0 Å². The number of nitrogens with zero attached hydrogens (tertiary/aromatic N) is 1. The van der Waals surface area contributed by atoms with E-state index in [9.17, 15) is 0 Å². The molecule has 0 heterocycles. The van der Waals surface area contributed by atoms with Gasteiger partial charge in [0, 0.05) is 0 Å². The molecule has 0 atom stereocenters. The molecule has 0 aliphatic heterocycles. The summed E-state index contributed by atoms with van der Waals surface area (Å²) in [5.41, 5.74) is 4.80. The normalized spacial score (nSPS) is 12.6. The monoisotopic (exact) mass is 290 g/mol. The third-order valence-corrected chi connectivity index (χ3v) is 3.56. The van der Waals surface area contributed by atoms with Gasteiger partial charge in [-0.15, -0.1) is 0 Å². The zero-order valence-corrected chi connectivity index (χ0v) is 13.7. The first-order valence-corrected chi connectivity index (χ1v) is 7.49. The third-order valence-electron chi connectivity index (χ3n) is 3.56. The minimum atomic E-state index is 0.832. The minimum absolute atomic E-state index is 0.832. The van der Waals surface area contributed by atoms with Crippen LogP contribution in [-0.2, 0) is 0 Å². The van der Waals surface area contributed by atoms with E-state index >= 15 is 0 Å². The molecule has 0 saturated carbocycles. The predicted molar refractivity (Wildman–Crippen MR) is 99.7 cm³/mol. The molecule has 0 amide bonds. The Balaban J connectivity index is 2.14. The molecule has 0 fully saturated rings. The van der Waals surface area contributed by atoms with Crippen LogP contribution < -0.4 is 4.48 Å². The van der Waals surface area contributed by atoms with Crippen molar-refractivity contribution < 1.29 is 0 Å². The Morgan fingerprint density at radius 3 is 2.09 bits per heavy atom. The predicted octanol–water partition coefficient (Wildman–Crippen LogP) is 5.17. The van der Waals surface area contributed by atoms with Crippen molar-refractivity contribution >= 4 is 17.3 Å². The largest absolute Gasteiger partial charge is 0.298 e. The third kappa shape index (κ3) is 4.31. The van der Waals surface area contributed by atoms with E-state index < -0.39 is 0 Å². The van der Waals surface area contributed by atoms with Crippen molar-refractivity contribution in [1.82, 2.24) is 4.48 Å². The summed E-state index contributed by atoms with van der Waals surface area (Å²) in [6.45, 7) is 3.90. The van der Waals surface area contributed by atoms with E-state index in [1.165, 1.54) is 16.8 Å². The van der Waals surface area contributed by atoms with Gasteiger partial charge in [-0.2, -0.15) is 0 Å². The summed E-state index contributed by atoms with van der Waals surface area (Å²) in [5, 5.41) is 0. The van der Waals surface area contributed by atoms with Crippen LogP contribution in [0.3, 0.4) is 0 Å². The molecule has 0 saturated heterocycles. The van der Waals surface area contributed by atoms with E-state index in [-0.39, 0.29) is 0 Å². The molecule has 112 valence electrons. The van der Waals surface area contributed by atoms with Gasteiger partial charge in [0.1, 0.15) is 5.69 Å². The van der Waals surface area contributed by atoms with E-state index in [0.717, 1.165) is 10.1 Å². The Hall–Kier alpha value is -2.38. The smallest absolute Gasteiger partial charge is 0.132 e. The Morgan fingerprint density at radius 2 is 1.55 bits per heavy atom. The van der Waals surface area contributed by atoms with Gasteiger partial charge < -0.3 is 0 Å². The first-order chi connectivity index (χ1) is 10.5. The lowest BCUT2D eigenvalue weighted by molar-refractivity contribution is 0.486. The topological polar surface area (TPSA) is 0 Å². The molecule has 0 aliphatic carbocycles. The molecule has 1 nitrogen and oxygen atoms in total. The summed E-state index contributed by atoms with van der Waals surface area (Å²) in [6, 6.07) is 19.0. The molecular weight excluding hydrogens is 266 g/mol. The lowest BCUT2D eigenvalue weighted by Gasteiger charge is -2.23. The van der Waals surface area contributed by atoms with Crippen LogP contribution in [0.25, 0.3) is 11.6 Å². The Bertz CT molecular complexity index is 668. The molecule has 22 heavy (non-hydrogen) atoms. The molecule has 1 heteroatoms. The van der Waals surface area contributed by atoms with Gasteiger partial charge in [-0.05, 0) is 41.0 Å². The first kappa shape index (κ1) is 16.0. The van der Waals surface area contributed by atoms with Gasteiger partial charge >= 0.3 is 0 Å². The number of hydrogen-bond donors (Lipinski definition) is 0. The second-order valence-corrected chi connectivity index (χ2v) is 6.16. The number of hydrogen-bond acceptors (Lipinski definition) is 0. The second kappa shape index (κ2) is 7.06. The maximum absolute atomic E-state index is 3.90. The first-order valence-electron chi connectivity index (χ1n) is 7.49. The fourth-order valence-corrected chi connectivity index (χ4v) is 2.21. The van der Waals surface area contributed by atoms with E-state index in [2.05, 4.69) is 82.3 Å². The fourth-order valence-electron chi connectivity index (χ4n) is 2.21. The number of benzene rings is 2. The maximum Gasteiger partial charge on any atom is 0.132 e. The van der Waals surface area contributed by atoms with Gasteiger partial charge in [0.25, 0.3) is 0 Å². The fraction of sp³-hybridized carbons (Fsp3) is 0.143. The summed E-state index contributed by atoms with van der Waals surface area (Å²) in [6.07, 6.45) is 8.17. The van der Waals surface area contributed by atoms with Gasteiger partial charge in [0.15, 0.2) is 0 Å². The molecule has 0 aromatic heterocycles. The highest BCUT2D eigenvalue weighted by Crippen LogP contribution is 2.19. The number of allylic oxidation sites excluding steroid dienone is 4. The van der Waals surface area contributed by atoms with E-state index in [1.807, 2.05) is 24.3 Å². The summed E-state index contributed by atoms with van der Waals surface area (Å²) >= 11 is 0. The lowest BCUT2D eigenvalue weighted by atomic mass is 10.1. The molecule has 2 aromatic carbocycles. The molecule has 2 rings (SSSR count). The SMILES string of the molecule is C=CC(=CC=Cc1ccc([N+](C)(C)C)cc1)c1ccccc1. The van der Waals surface area contributed by atoms with Crippen molar-refractivity contribution in [2.24, 2.45) is 0 Å². The maximum atomic E-state index is 3.90. The second-order valence-electron chi connectivity index (χ2n) is 6.16. The van der Waals surface area contributed by atoms with Crippen LogP contribution in [0.15, 0.2) is 79.4 Å². The van der Waals surface area contributed by atoms with Gasteiger partial charge in [-0.25, -0.2) is 0 Å². The van der Waals surface area contributed by atoms with Gasteiger partial charge in [-0.3, -0.25) is 4.48 Å². The quantitative estimate of drug-likeness (QED) is 0.526. The van der Waals surface area contributed by atoms with Crippen LogP contribution in [0, 0.1) is 0 Å². The van der Waals surface area contributed by atoms with Crippen molar-refractivity contribution in [3.63, 3.8) is 0 Å². The van der Waals surface area contributed by atoms with Crippen LogP contribution in [0.5, 0.6) is 0 Å². The van der Waals surface area contributed by atoms with Gasteiger partial charge in [0.05, 0.1) is 21.1 Å². The highest BCUT2D eigenvalue weighted by Gasteiger charge is 2.10. The molecule has 0 spiro atoms. The molecule has 0 unspecified atom stereocenters. The van der Waals surface area contributed by atoms with Crippen molar-refractivity contribution in [2.45, 2.75) is 0 Å². The summed E-state index contributed by atoms with van der Waals surface area (Å²) < 4.78 is 0.832. The van der Waals surface area contributed by atoms with Gasteiger partial charge in [-0.1, -0.05) is 61.2 Å². The van der Waals surface area contributed by atoms with Crippen molar-refractivity contribution in [2.75, 3.05) is 21.1 Å². The van der Waals surface area contributed by atoms with Crippen LogP contribution in [0.4, 0.5) is 5.69 Å². The molecule has 0 radical (unpaired) electrons. The standard InChI is InChI=1S/C21H24N/c1-5-19(20-11-7-6-8-12-20)13-9-10-18-14-16-21(17-15-18)22(2,3)4/h5-17H,1H2,2-4H3/q+1. The van der Waals surface area contributed by atoms with E-state index in [4.69, 9.17) is 0 Å². The van der Waals surface area contributed by atoms with E-state index in [0.29, 0.717) is 0 Å². The minimum Gasteiger partial charge on any atom is -0.298 e. The van der Waals surface area contributed by atoms with Gasteiger partial charge in [0.2, 0.25) is 0 Å². The lowest BCUT2D eigenvalue weighted by Crippen LogP contribution is -2.34. The Kier molecular flexibility index (Phi) is 5.13. The molecule has 0 bridgehead atoms. The zero-order valence-electron chi connectivity index (χ0n) is 13.7. The molecular formula is C21H24N+. The van der Waals surface area contributed by atoms with Crippen molar-refractivity contribution in [1.29, 1.82) is 0 Å². The molecule has 2 aromatic rings. The zero-order chi connectivity index (χ0) is 16.0. The number of quaternary nitrogens is 1. The highest BCUT2D eigenvalue weighted by molar-refractivity contribution is 5.75. The average molecular weight is 290 g/mol.